The van der Waals surface area contributed by atoms with Crippen LogP contribution in [0.4, 0.5) is 13.2 Å². The van der Waals surface area contributed by atoms with Crippen LogP contribution in [0.5, 0.6) is 0 Å². The maximum absolute atomic E-state index is 12.2. The number of rotatable bonds is 3. The van der Waals surface area contributed by atoms with Crippen LogP contribution in [-0.2, 0) is 10.0 Å². The Morgan fingerprint density at radius 3 is 2.22 bits per heavy atom. The topological polar surface area (TPSA) is 54.5 Å². The third kappa shape index (κ3) is 2.88. The fourth-order valence-electron chi connectivity index (χ4n) is 1.17. The molecule has 0 atom stereocenters. The van der Waals surface area contributed by atoms with E-state index in [0.29, 0.717) is 6.07 Å². The zero-order valence-corrected chi connectivity index (χ0v) is 10.3. The predicted molar refractivity (Wildman–Crippen MR) is 57.7 cm³/mol. The minimum absolute atomic E-state index is 0.359. The fourth-order valence-corrected chi connectivity index (χ4v) is 2.12. The Labute approximate surface area is 102 Å². The summed E-state index contributed by atoms with van der Waals surface area (Å²) in [6.07, 6.45) is -5.03. The van der Waals surface area contributed by atoms with Crippen molar-refractivity contribution in [2.45, 2.75) is 11.1 Å². The van der Waals surface area contributed by atoms with Crippen molar-refractivity contribution in [3.63, 3.8) is 0 Å². The minimum Gasteiger partial charge on any atom is -0.284 e. The van der Waals surface area contributed by atoms with Gasteiger partial charge in [0.05, 0.1) is 4.90 Å². The smallest absolute Gasteiger partial charge is 0.284 e. The number of carbonyl (C=O) groups is 1. The highest BCUT2D eigenvalue weighted by molar-refractivity contribution is 7.89. The van der Waals surface area contributed by atoms with E-state index in [1.165, 1.54) is 14.1 Å². The highest BCUT2D eigenvalue weighted by atomic mass is 32.2. The number of hydrogen-bond donors (Lipinski definition) is 0. The van der Waals surface area contributed by atoms with Gasteiger partial charge in [0.25, 0.3) is 5.78 Å². The largest absolute Gasteiger partial charge is 0.454 e. The van der Waals surface area contributed by atoms with Gasteiger partial charge in [0.15, 0.2) is 0 Å². The quantitative estimate of drug-likeness (QED) is 0.792. The van der Waals surface area contributed by atoms with Gasteiger partial charge in [-0.1, -0.05) is 12.1 Å². The molecule has 100 valence electrons. The fraction of sp³-hybridized carbons (Fsp3) is 0.300. The molecule has 8 heteroatoms. The second kappa shape index (κ2) is 4.69. The Morgan fingerprint density at radius 1 is 1.22 bits per heavy atom. The highest BCUT2D eigenvalue weighted by Crippen LogP contribution is 2.23. The van der Waals surface area contributed by atoms with Crippen molar-refractivity contribution in [2.75, 3.05) is 14.1 Å². The Kier molecular flexibility index (Phi) is 3.82. The number of ketones is 1. The number of Topliss-reactive ketones (excluding diaryl/α,β-unsaturated/α-hetero) is 1. The highest BCUT2D eigenvalue weighted by Gasteiger charge is 2.39. The maximum atomic E-state index is 12.2. The minimum atomic E-state index is -5.03. The van der Waals surface area contributed by atoms with Gasteiger partial charge in [-0.05, 0) is 12.1 Å². The van der Waals surface area contributed by atoms with Gasteiger partial charge in [0, 0.05) is 19.7 Å². The normalized spacial score (nSPS) is 12.8. The van der Waals surface area contributed by atoms with Crippen molar-refractivity contribution < 1.29 is 26.4 Å². The first-order chi connectivity index (χ1) is 8.06. The number of halogens is 3. The Morgan fingerprint density at radius 2 is 1.78 bits per heavy atom. The number of carbonyl (C=O) groups excluding carboxylic acids is 1. The van der Waals surface area contributed by atoms with Crippen molar-refractivity contribution in [1.82, 2.24) is 4.31 Å². The van der Waals surface area contributed by atoms with Crippen LogP contribution in [0.2, 0.25) is 0 Å². The molecule has 0 aliphatic carbocycles. The Bertz CT molecular complexity index is 564. The van der Waals surface area contributed by atoms with Crippen molar-refractivity contribution in [3.8, 4) is 0 Å². The number of hydrogen-bond acceptors (Lipinski definition) is 3. The molecular weight excluding hydrogens is 271 g/mol. The predicted octanol–water partition coefficient (Wildman–Crippen LogP) is 1.68. The van der Waals surface area contributed by atoms with E-state index in [1.807, 2.05) is 0 Å². The second-order valence-corrected chi connectivity index (χ2v) is 5.79. The lowest BCUT2D eigenvalue weighted by molar-refractivity contribution is -0.0885. The molecular formula is C10H10F3NO3S. The van der Waals surface area contributed by atoms with Crippen molar-refractivity contribution >= 4 is 15.8 Å². The monoisotopic (exact) mass is 281 g/mol. The molecule has 1 aromatic rings. The summed E-state index contributed by atoms with van der Waals surface area (Å²) in [5, 5.41) is 0. The molecule has 0 bridgehead atoms. The summed E-state index contributed by atoms with van der Waals surface area (Å²) in [4.78, 5) is 10.6. The average molecular weight is 281 g/mol. The summed E-state index contributed by atoms with van der Waals surface area (Å²) in [6, 6.07) is 3.85. The van der Waals surface area contributed by atoms with Crippen LogP contribution in [0.3, 0.4) is 0 Å². The third-order valence-corrected chi connectivity index (χ3v) is 3.94. The summed E-state index contributed by atoms with van der Waals surface area (Å²) >= 11 is 0. The third-order valence-electron chi connectivity index (χ3n) is 2.13. The molecule has 0 aliphatic heterocycles. The number of alkyl halides is 3. The molecule has 0 amide bonds. The van der Waals surface area contributed by atoms with Gasteiger partial charge in [-0.2, -0.15) is 13.2 Å². The number of sulfonamides is 1. The molecule has 0 spiro atoms. The lowest BCUT2D eigenvalue weighted by Gasteiger charge is -2.12. The molecule has 18 heavy (non-hydrogen) atoms. The Hall–Kier alpha value is -1.41. The molecule has 4 nitrogen and oxygen atoms in total. The van der Waals surface area contributed by atoms with Crippen LogP contribution in [0, 0.1) is 0 Å². The van der Waals surface area contributed by atoms with Gasteiger partial charge >= 0.3 is 6.18 Å². The van der Waals surface area contributed by atoms with Crippen molar-refractivity contribution in [3.05, 3.63) is 29.8 Å². The summed E-state index contributed by atoms with van der Waals surface area (Å²) in [5.74, 6) is -2.07. The summed E-state index contributed by atoms with van der Waals surface area (Å²) in [7, 11) is -1.38. The van der Waals surface area contributed by atoms with Gasteiger partial charge in [-0.3, -0.25) is 4.79 Å². The van der Waals surface area contributed by atoms with Crippen LogP contribution in [-0.4, -0.2) is 38.8 Å². The van der Waals surface area contributed by atoms with Crippen molar-refractivity contribution in [1.29, 1.82) is 0 Å². The molecule has 0 saturated heterocycles. The van der Waals surface area contributed by atoms with Gasteiger partial charge in [0.1, 0.15) is 0 Å². The summed E-state index contributed by atoms with van der Waals surface area (Å²) < 4.78 is 60.9. The zero-order valence-electron chi connectivity index (χ0n) is 9.52. The van der Waals surface area contributed by atoms with E-state index in [1.54, 1.807) is 0 Å². The molecule has 0 aromatic heterocycles. The summed E-state index contributed by atoms with van der Waals surface area (Å²) in [6.45, 7) is 0. The van der Waals surface area contributed by atoms with Crippen LogP contribution in [0.15, 0.2) is 29.2 Å². The van der Waals surface area contributed by atoms with E-state index >= 15 is 0 Å². The zero-order chi connectivity index (χ0) is 14.1. The van der Waals surface area contributed by atoms with E-state index in [2.05, 4.69) is 0 Å². The van der Waals surface area contributed by atoms with Crippen LogP contribution in [0.1, 0.15) is 10.4 Å². The molecule has 0 fully saturated rings. The molecule has 0 heterocycles. The van der Waals surface area contributed by atoms with Gasteiger partial charge < -0.3 is 0 Å². The van der Waals surface area contributed by atoms with E-state index in [-0.39, 0.29) is 4.90 Å². The number of nitrogens with zero attached hydrogens (tertiary/aromatic N) is 1. The van der Waals surface area contributed by atoms with Crippen LogP contribution < -0.4 is 0 Å². The molecule has 0 aliphatic rings. The molecule has 0 N–H and O–H groups in total. The average Bonchev–Trinajstić information content (AvgIpc) is 2.26. The first-order valence-corrected chi connectivity index (χ1v) is 6.15. The molecule has 0 unspecified atom stereocenters. The van der Waals surface area contributed by atoms with Crippen LogP contribution >= 0.6 is 0 Å². The summed E-state index contributed by atoms with van der Waals surface area (Å²) in [5.41, 5.74) is -0.703. The van der Waals surface area contributed by atoms with E-state index in [4.69, 9.17) is 0 Å². The van der Waals surface area contributed by atoms with Crippen LogP contribution in [0.25, 0.3) is 0 Å². The first kappa shape index (κ1) is 14.7. The van der Waals surface area contributed by atoms with Crippen molar-refractivity contribution in [2.24, 2.45) is 0 Å². The van der Waals surface area contributed by atoms with E-state index in [9.17, 15) is 26.4 Å². The van der Waals surface area contributed by atoms with Gasteiger partial charge in [-0.15, -0.1) is 0 Å². The standard InChI is InChI=1S/C10H10F3NO3S/c1-14(2)18(16,17)8-5-3-4-7(6-8)9(15)10(11,12)13/h3-6H,1-2H3. The first-order valence-electron chi connectivity index (χ1n) is 4.71. The lowest BCUT2D eigenvalue weighted by atomic mass is 10.1. The molecule has 0 radical (unpaired) electrons. The molecule has 1 aromatic carbocycles. The Balaban J connectivity index is 3.28. The lowest BCUT2D eigenvalue weighted by Crippen LogP contribution is -2.25. The van der Waals surface area contributed by atoms with E-state index < -0.39 is 27.5 Å². The SMILES string of the molecule is CN(C)S(=O)(=O)c1cccc(C(=O)C(F)(F)F)c1. The van der Waals surface area contributed by atoms with E-state index in [0.717, 1.165) is 22.5 Å². The molecule has 1 rings (SSSR count). The number of benzene rings is 1. The molecule has 0 saturated carbocycles. The second-order valence-electron chi connectivity index (χ2n) is 3.64. The maximum Gasteiger partial charge on any atom is 0.454 e. The van der Waals surface area contributed by atoms with Gasteiger partial charge in [0.2, 0.25) is 10.0 Å². The van der Waals surface area contributed by atoms with Gasteiger partial charge in [-0.25, -0.2) is 12.7 Å².